The molecule has 0 saturated heterocycles. The highest BCUT2D eigenvalue weighted by Crippen LogP contribution is 2.26. The van der Waals surface area contributed by atoms with Crippen LogP contribution in [-0.2, 0) is 0 Å². The fraction of sp³-hybridized carbons (Fsp3) is 0. The summed E-state index contributed by atoms with van der Waals surface area (Å²) in [5.74, 6) is 0. The van der Waals surface area contributed by atoms with Crippen LogP contribution in [0.25, 0.3) is 0 Å². The lowest BCUT2D eigenvalue weighted by atomic mass is 10.3. The topological polar surface area (TPSA) is 41.1 Å². The Morgan fingerprint density at radius 1 is 1.05 bits per heavy atom. The number of carbonyl (C=O) groups excluding carboxylic acids is 1. The molecule has 0 aliphatic heterocycles. The molecule has 0 saturated carbocycles. The summed E-state index contributed by atoms with van der Waals surface area (Å²) in [6, 6.07) is 11.7. The Morgan fingerprint density at radius 2 is 1.84 bits per heavy atom. The molecular weight excluding hydrogens is 351 g/mol. The average molecular weight is 360 g/mol. The number of benzene rings is 2. The van der Waals surface area contributed by atoms with Gasteiger partial charge in [-0.2, -0.15) is 0 Å². The number of rotatable bonds is 2. The van der Waals surface area contributed by atoms with E-state index in [2.05, 4.69) is 26.6 Å². The van der Waals surface area contributed by atoms with Crippen molar-refractivity contribution in [2.24, 2.45) is 0 Å². The number of nitrogens with one attached hydrogen (secondary N) is 2. The van der Waals surface area contributed by atoms with E-state index in [9.17, 15) is 4.79 Å². The van der Waals surface area contributed by atoms with E-state index in [4.69, 9.17) is 23.2 Å². The van der Waals surface area contributed by atoms with Crippen LogP contribution in [0, 0.1) is 0 Å². The first-order valence-electron chi connectivity index (χ1n) is 5.33. The third-order valence-electron chi connectivity index (χ3n) is 2.26. The summed E-state index contributed by atoms with van der Waals surface area (Å²) >= 11 is 15.1. The van der Waals surface area contributed by atoms with E-state index in [0.29, 0.717) is 21.4 Å². The molecule has 2 N–H and O–H groups in total. The molecule has 6 heteroatoms. The van der Waals surface area contributed by atoms with Crippen molar-refractivity contribution >= 4 is 56.5 Å². The van der Waals surface area contributed by atoms with Gasteiger partial charge >= 0.3 is 6.03 Å². The molecule has 19 heavy (non-hydrogen) atoms. The predicted molar refractivity (Wildman–Crippen MR) is 83.2 cm³/mol. The molecule has 0 fully saturated rings. The summed E-state index contributed by atoms with van der Waals surface area (Å²) in [6.45, 7) is 0. The van der Waals surface area contributed by atoms with Crippen LogP contribution in [0.4, 0.5) is 16.2 Å². The first kappa shape index (κ1) is 14.2. The highest BCUT2D eigenvalue weighted by Gasteiger charge is 2.06. The minimum absolute atomic E-state index is 0.387. The lowest BCUT2D eigenvalue weighted by Crippen LogP contribution is -2.19. The minimum atomic E-state index is -0.387. The predicted octanol–water partition coefficient (Wildman–Crippen LogP) is 5.40. The zero-order valence-corrected chi connectivity index (χ0v) is 12.7. The number of hydrogen-bond donors (Lipinski definition) is 2. The van der Waals surface area contributed by atoms with Crippen molar-refractivity contribution in [1.29, 1.82) is 0 Å². The summed E-state index contributed by atoms with van der Waals surface area (Å²) in [5.41, 5.74) is 1.13. The summed E-state index contributed by atoms with van der Waals surface area (Å²) in [7, 11) is 0. The largest absolute Gasteiger partial charge is 0.323 e. The molecule has 2 amide bonds. The zero-order valence-electron chi connectivity index (χ0n) is 9.58. The van der Waals surface area contributed by atoms with Crippen LogP contribution in [0.2, 0.25) is 10.0 Å². The third-order valence-corrected chi connectivity index (χ3v) is 3.32. The van der Waals surface area contributed by atoms with Gasteiger partial charge in [-0.15, -0.1) is 0 Å². The van der Waals surface area contributed by atoms with Crippen LogP contribution in [0.1, 0.15) is 0 Å². The second-order valence-corrected chi connectivity index (χ2v) is 5.47. The third kappa shape index (κ3) is 4.13. The molecule has 0 heterocycles. The Morgan fingerprint density at radius 3 is 2.58 bits per heavy atom. The van der Waals surface area contributed by atoms with Gasteiger partial charge in [0.15, 0.2) is 0 Å². The van der Waals surface area contributed by atoms with Gasteiger partial charge in [0.1, 0.15) is 0 Å². The fourth-order valence-corrected chi connectivity index (χ4v) is 2.16. The Balaban J connectivity index is 2.07. The van der Waals surface area contributed by atoms with Crippen LogP contribution >= 0.6 is 39.1 Å². The van der Waals surface area contributed by atoms with Gasteiger partial charge in [-0.3, -0.25) is 0 Å². The van der Waals surface area contributed by atoms with Crippen molar-refractivity contribution in [1.82, 2.24) is 0 Å². The van der Waals surface area contributed by atoms with Gasteiger partial charge in [0.2, 0.25) is 0 Å². The molecule has 0 aliphatic carbocycles. The first-order chi connectivity index (χ1) is 9.04. The number of hydrogen-bond acceptors (Lipinski definition) is 1. The van der Waals surface area contributed by atoms with E-state index in [-0.39, 0.29) is 6.03 Å². The van der Waals surface area contributed by atoms with Gasteiger partial charge in [-0.05, 0) is 36.4 Å². The van der Waals surface area contributed by atoms with E-state index >= 15 is 0 Å². The number of anilines is 2. The van der Waals surface area contributed by atoms with Crippen molar-refractivity contribution in [3.05, 3.63) is 57.0 Å². The van der Waals surface area contributed by atoms with Crippen molar-refractivity contribution in [2.75, 3.05) is 10.6 Å². The minimum Gasteiger partial charge on any atom is -0.308 e. The van der Waals surface area contributed by atoms with Gasteiger partial charge in [0, 0.05) is 15.2 Å². The average Bonchev–Trinajstić information content (AvgIpc) is 2.34. The number of carbonyl (C=O) groups is 1. The quantitative estimate of drug-likeness (QED) is 0.740. The molecule has 0 atom stereocenters. The summed E-state index contributed by atoms with van der Waals surface area (Å²) < 4.78 is 0.829. The molecule has 0 bridgehead atoms. The van der Waals surface area contributed by atoms with E-state index in [1.807, 2.05) is 0 Å². The number of amides is 2. The van der Waals surface area contributed by atoms with Gasteiger partial charge in [0.05, 0.1) is 10.7 Å². The Labute approximate surface area is 129 Å². The molecule has 3 nitrogen and oxygen atoms in total. The number of urea groups is 1. The van der Waals surface area contributed by atoms with Crippen molar-refractivity contribution in [3.8, 4) is 0 Å². The summed E-state index contributed by atoms with van der Waals surface area (Å²) in [5, 5.41) is 6.35. The summed E-state index contributed by atoms with van der Waals surface area (Å²) in [4.78, 5) is 11.8. The second kappa shape index (κ2) is 6.28. The lowest BCUT2D eigenvalue weighted by Gasteiger charge is -2.09. The lowest BCUT2D eigenvalue weighted by molar-refractivity contribution is 0.262. The van der Waals surface area contributed by atoms with Crippen LogP contribution in [-0.4, -0.2) is 6.03 Å². The molecule has 0 aromatic heterocycles. The first-order valence-corrected chi connectivity index (χ1v) is 6.88. The highest BCUT2D eigenvalue weighted by atomic mass is 79.9. The smallest absolute Gasteiger partial charge is 0.308 e. The molecule has 0 aliphatic rings. The Hall–Kier alpha value is -1.23. The maximum absolute atomic E-state index is 11.8. The Kier molecular flexibility index (Phi) is 4.69. The molecule has 0 radical (unpaired) electrons. The normalized spacial score (nSPS) is 10.1. The molecule has 98 valence electrons. The zero-order chi connectivity index (χ0) is 13.8. The van der Waals surface area contributed by atoms with Crippen LogP contribution in [0.15, 0.2) is 46.9 Å². The monoisotopic (exact) mass is 358 g/mol. The number of halogens is 3. The molecule has 2 rings (SSSR count). The van der Waals surface area contributed by atoms with Crippen LogP contribution < -0.4 is 10.6 Å². The van der Waals surface area contributed by atoms with Crippen molar-refractivity contribution in [2.45, 2.75) is 0 Å². The van der Waals surface area contributed by atoms with Gasteiger partial charge in [-0.1, -0.05) is 45.2 Å². The van der Waals surface area contributed by atoms with E-state index in [1.165, 1.54) is 0 Å². The van der Waals surface area contributed by atoms with Gasteiger partial charge < -0.3 is 10.6 Å². The van der Waals surface area contributed by atoms with Crippen LogP contribution in [0.5, 0.6) is 0 Å². The molecular formula is C13H9BrCl2N2O. The standard InChI is InChI=1S/C13H9BrCl2N2O/c14-8-4-5-11(16)12(6-8)18-13(19)17-10-3-1-2-9(15)7-10/h1-7H,(H2,17,18,19). The van der Waals surface area contributed by atoms with Crippen LogP contribution in [0.3, 0.4) is 0 Å². The van der Waals surface area contributed by atoms with Gasteiger partial charge in [0.25, 0.3) is 0 Å². The SMILES string of the molecule is O=C(Nc1cccc(Cl)c1)Nc1cc(Br)ccc1Cl. The van der Waals surface area contributed by atoms with E-state index < -0.39 is 0 Å². The highest BCUT2D eigenvalue weighted by molar-refractivity contribution is 9.10. The maximum Gasteiger partial charge on any atom is 0.323 e. The summed E-state index contributed by atoms with van der Waals surface area (Å²) in [6.07, 6.45) is 0. The molecule has 2 aromatic carbocycles. The second-order valence-electron chi connectivity index (χ2n) is 3.71. The maximum atomic E-state index is 11.8. The van der Waals surface area contributed by atoms with Gasteiger partial charge in [-0.25, -0.2) is 4.79 Å². The van der Waals surface area contributed by atoms with E-state index in [1.54, 1.807) is 42.5 Å². The molecule has 0 unspecified atom stereocenters. The van der Waals surface area contributed by atoms with Crippen molar-refractivity contribution in [3.63, 3.8) is 0 Å². The van der Waals surface area contributed by atoms with E-state index in [0.717, 1.165) is 4.47 Å². The van der Waals surface area contributed by atoms with Crippen molar-refractivity contribution < 1.29 is 4.79 Å². The molecule has 0 spiro atoms. The fourth-order valence-electron chi connectivity index (χ4n) is 1.44. The molecule has 2 aromatic rings. The Bertz CT molecular complexity index is 619.